The van der Waals surface area contributed by atoms with Crippen molar-refractivity contribution in [2.24, 2.45) is 0 Å². The van der Waals surface area contributed by atoms with E-state index in [1.807, 2.05) is 28.3 Å². The Labute approximate surface area is 125 Å². The van der Waals surface area contributed by atoms with Crippen molar-refractivity contribution in [3.63, 3.8) is 0 Å². The summed E-state index contributed by atoms with van der Waals surface area (Å²) in [6, 6.07) is 5.74. The van der Waals surface area contributed by atoms with Crippen LogP contribution in [0.5, 0.6) is 0 Å². The fourth-order valence-corrected chi connectivity index (χ4v) is 2.91. The first kappa shape index (κ1) is 14.7. The van der Waals surface area contributed by atoms with E-state index in [1.54, 1.807) is 17.4 Å². The van der Waals surface area contributed by atoms with Crippen LogP contribution < -0.4 is 10.6 Å². The zero-order chi connectivity index (χ0) is 14.2. The van der Waals surface area contributed by atoms with Gasteiger partial charge in [0.1, 0.15) is 0 Å². The summed E-state index contributed by atoms with van der Waals surface area (Å²) in [5.41, 5.74) is 0.678. The third-order valence-electron chi connectivity index (χ3n) is 2.69. The van der Waals surface area contributed by atoms with Crippen LogP contribution in [0.1, 0.15) is 28.1 Å². The van der Waals surface area contributed by atoms with Crippen LogP contribution in [0.4, 0.5) is 0 Å². The number of nitrogens with one attached hydrogen (secondary N) is 2. The average molecular weight is 308 g/mol. The molecule has 20 heavy (non-hydrogen) atoms. The third-order valence-corrected chi connectivity index (χ3v) is 4.25. The van der Waals surface area contributed by atoms with Crippen LogP contribution in [0.3, 0.4) is 0 Å². The van der Waals surface area contributed by atoms with Crippen molar-refractivity contribution in [3.8, 4) is 0 Å². The van der Waals surface area contributed by atoms with E-state index < -0.39 is 0 Å². The Bertz CT molecular complexity index is 536. The predicted octanol–water partition coefficient (Wildman–Crippen LogP) is 2.64. The van der Waals surface area contributed by atoms with Gasteiger partial charge in [-0.25, -0.2) is 0 Å². The highest BCUT2D eigenvalue weighted by molar-refractivity contribution is 7.09. The molecular weight excluding hydrogens is 292 g/mol. The van der Waals surface area contributed by atoms with Gasteiger partial charge in [0.2, 0.25) is 5.91 Å². The molecule has 0 unspecified atom stereocenters. The van der Waals surface area contributed by atoms with E-state index in [0.29, 0.717) is 31.5 Å². The van der Waals surface area contributed by atoms with E-state index in [4.69, 9.17) is 0 Å². The Hall–Kier alpha value is -1.66. The molecule has 2 heterocycles. The second-order valence-corrected chi connectivity index (χ2v) is 6.04. The molecule has 6 heteroatoms. The van der Waals surface area contributed by atoms with Crippen LogP contribution in [0.25, 0.3) is 0 Å². The molecule has 0 aromatic carbocycles. The maximum absolute atomic E-state index is 11.6. The first-order valence-electron chi connectivity index (χ1n) is 6.35. The lowest BCUT2D eigenvalue weighted by Gasteiger charge is -2.05. The minimum Gasteiger partial charge on any atom is -0.352 e. The predicted molar refractivity (Wildman–Crippen MR) is 82.1 cm³/mol. The topological polar surface area (TPSA) is 58.2 Å². The minimum atomic E-state index is -0.0785. The molecule has 0 aliphatic carbocycles. The zero-order valence-electron chi connectivity index (χ0n) is 10.9. The number of hydrogen-bond acceptors (Lipinski definition) is 4. The lowest BCUT2D eigenvalue weighted by Crippen LogP contribution is -2.27. The number of amides is 2. The number of hydrogen-bond donors (Lipinski definition) is 2. The first-order valence-corrected chi connectivity index (χ1v) is 8.17. The SMILES string of the molecule is O=C(CCCNC(=O)c1ccsc1)NCc1cccs1. The number of carbonyl (C=O) groups excluding carboxylic acids is 2. The Morgan fingerprint density at radius 2 is 2.05 bits per heavy atom. The molecule has 2 aromatic heterocycles. The van der Waals surface area contributed by atoms with Crippen molar-refractivity contribution in [1.29, 1.82) is 0 Å². The highest BCUT2D eigenvalue weighted by atomic mass is 32.1. The van der Waals surface area contributed by atoms with Crippen molar-refractivity contribution in [1.82, 2.24) is 10.6 Å². The van der Waals surface area contributed by atoms with Gasteiger partial charge in [0, 0.05) is 28.8 Å². The van der Waals surface area contributed by atoms with Crippen LogP contribution in [-0.4, -0.2) is 18.4 Å². The molecule has 0 bridgehead atoms. The van der Waals surface area contributed by atoms with Crippen molar-refractivity contribution in [2.75, 3.05) is 6.54 Å². The molecule has 2 rings (SSSR count). The molecule has 0 aliphatic heterocycles. The molecule has 0 atom stereocenters. The quantitative estimate of drug-likeness (QED) is 0.773. The first-order chi connectivity index (χ1) is 9.75. The van der Waals surface area contributed by atoms with Crippen molar-refractivity contribution >= 4 is 34.5 Å². The molecule has 2 aromatic rings. The van der Waals surface area contributed by atoms with Gasteiger partial charge in [0.25, 0.3) is 5.91 Å². The van der Waals surface area contributed by atoms with E-state index in [0.717, 1.165) is 4.88 Å². The van der Waals surface area contributed by atoms with E-state index >= 15 is 0 Å². The maximum Gasteiger partial charge on any atom is 0.252 e. The summed E-state index contributed by atoms with van der Waals surface area (Å²) in [7, 11) is 0. The summed E-state index contributed by atoms with van der Waals surface area (Å²) in [5, 5.41) is 11.3. The van der Waals surface area contributed by atoms with Crippen LogP contribution in [0.15, 0.2) is 34.3 Å². The summed E-state index contributed by atoms with van der Waals surface area (Å²) in [6.07, 6.45) is 1.07. The molecule has 4 nitrogen and oxygen atoms in total. The maximum atomic E-state index is 11.6. The Kier molecular flexibility index (Phi) is 5.76. The Morgan fingerprint density at radius 1 is 1.15 bits per heavy atom. The molecule has 106 valence electrons. The third kappa shape index (κ3) is 4.79. The molecule has 0 spiro atoms. The molecule has 0 saturated heterocycles. The Morgan fingerprint density at radius 3 is 2.75 bits per heavy atom. The van der Waals surface area contributed by atoms with Gasteiger partial charge in [-0.15, -0.1) is 11.3 Å². The molecule has 0 radical (unpaired) electrons. The van der Waals surface area contributed by atoms with Crippen molar-refractivity contribution in [2.45, 2.75) is 19.4 Å². The van der Waals surface area contributed by atoms with Gasteiger partial charge in [-0.05, 0) is 29.3 Å². The van der Waals surface area contributed by atoms with Crippen molar-refractivity contribution in [3.05, 3.63) is 44.8 Å². The molecular formula is C14H16N2O2S2. The molecule has 0 fully saturated rings. The van der Waals surface area contributed by atoms with Gasteiger partial charge < -0.3 is 10.6 Å². The average Bonchev–Trinajstić information content (AvgIpc) is 3.13. The van der Waals surface area contributed by atoms with E-state index in [2.05, 4.69) is 10.6 Å². The summed E-state index contributed by atoms with van der Waals surface area (Å²) in [4.78, 5) is 24.4. The fourth-order valence-electron chi connectivity index (χ4n) is 1.63. The highest BCUT2D eigenvalue weighted by Gasteiger charge is 2.05. The van der Waals surface area contributed by atoms with E-state index in [9.17, 15) is 9.59 Å². The van der Waals surface area contributed by atoms with Crippen LogP contribution in [-0.2, 0) is 11.3 Å². The minimum absolute atomic E-state index is 0.0168. The number of carbonyl (C=O) groups is 2. The number of thiophene rings is 2. The lowest BCUT2D eigenvalue weighted by atomic mass is 10.2. The Balaban J connectivity index is 1.56. The lowest BCUT2D eigenvalue weighted by molar-refractivity contribution is -0.121. The smallest absolute Gasteiger partial charge is 0.252 e. The fraction of sp³-hybridized carbons (Fsp3) is 0.286. The largest absolute Gasteiger partial charge is 0.352 e. The van der Waals surface area contributed by atoms with Gasteiger partial charge in [0.15, 0.2) is 0 Å². The highest BCUT2D eigenvalue weighted by Crippen LogP contribution is 2.07. The second kappa shape index (κ2) is 7.81. The van der Waals surface area contributed by atoms with Gasteiger partial charge in [0.05, 0.1) is 6.54 Å². The van der Waals surface area contributed by atoms with Crippen LogP contribution >= 0.6 is 22.7 Å². The molecule has 0 saturated carbocycles. The van der Waals surface area contributed by atoms with Gasteiger partial charge in [-0.3, -0.25) is 9.59 Å². The molecule has 0 aliphatic rings. The summed E-state index contributed by atoms with van der Waals surface area (Å²) in [5.74, 6) is -0.0616. The summed E-state index contributed by atoms with van der Waals surface area (Å²) in [6.45, 7) is 1.10. The monoisotopic (exact) mass is 308 g/mol. The van der Waals surface area contributed by atoms with Crippen molar-refractivity contribution < 1.29 is 9.59 Å². The van der Waals surface area contributed by atoms with E-state index in [1.165, 1.54) is 11.3 Å². The summed E-state index contributed by atoms with van der Waals surface area (Å²) >= 11 is 3.12. The van der Waals surface area contributed by atoms with Gasteiger partial charge >= 0.3 is 0 Å². The van der Waals surface area contributed by atoms with Gasteiger partial charge in [-0.2, -0.15) is 11.3 Å². The van der Waals surface area contributed by atoms with Crippen LogP contribution in [0.2, 0.25) is 0 Å². The second-order valence-electron chi connectivity index (χ2n) is 4.23. The summed E-state index contributed by atoms with van der Waals surface area (Å²) < 4.78 is 0. The van der Waals surface area contributed by atoms with Gasteiger partial charge in [-0.1, -0.05) is 6.07 Å². The normalized spacial score (nSPS) is 10.2. The molecule has 2 amide bonds. The standard InChI is InChI=1S/C14H16N2O2S2/c17-13(16-9-12-3-2-7-20-12)4-1-6-15-14(18)11-5-8-19-10-11/h2-3,5,7-8,10H,1,4,6,9H2,(H,15,18)(H,16,17). The molecule has 2 N–H and O–H groups in total. The number of rotatable bonds is 7. The van der Waals surface area contributed by atoms with E-state index in [-0.39, 0.29) is 11.8 Å². The van der Waals surface area contributed by atoms with Crippen LogP contribution in [0, 0.1) is 0 Å². The zero-order valence-corrected chi connectivity index (χ0v) is 12.6.